The average Bonchev–Trinajstić information content (AvgIpc) is 2.93. The summed E-state index contributed by atoms with van der Waals surface area (Å²) >= 11 is 0. The predicted molar refractivity (Wildman–Crippen MR) is 99.7 cm³/mol. The molecule has 1 heterocycles. The number of carbonyl (C=O) groups excluding carboxylic acids is 2. The van der Waals surface area contributed by atoms with Crippen molar-refractivity contribution >= 4 is 24.2 Å². The number of nitrogens with zero attached hydrogens (tertiary/aromatic N) is 2. The molecular weight excluding hydrogens is 358 g/mol. The third-order valence-electron chi connectivity index (χ3n) is 4.54. The SMILES string of the molecule is CC(=O)NC1(c2noc(CCC(=O)NCCCN)n2)CCCCCC1.Cl. The number of rotatable bonds is 8. The molecule has 1 fully saturated rings. The van der Waals surface area contributed by atoms with E-state index in [0.717, 1.165) is 44.9 Å². The lowest BCUT2D eigenvalue weighted by atomic mass is 9.89. The Balaban J connectivity index is 0.00000338. The van der Waals surface area contributed by atoms with Crippen molar-refractivity contribution in [2.45, 2.75) is 70.3 Å². The maximum Gasteiger partial charge on any atom is 0.227 e. The first-order chi connectivity index (χ1) is 12.1. The van der Waals surface area contributed by atoms with Crippen LogP contribution in [0, 0.1) is 0 Å². The minimum Gasteiger partial charge on any atom is -0.356 e. The molecule has 148 valence electrons. The van der Waals surface area contributed by atoms with Gasteiger partial charge in [-0.1, -0.05) is 30.8 Å². The summed E-state index contributed by atoms with van der Waals surface area (Å²) < 4.78 is 5.33. The van der Waals surface area contributed by atoms with Crippen LogP contribution in [0.1, 0.15) is 70.0 Å². The molecule has 4 N–H and O–H groups in total. The number of nitrogens with two attached hydrogens (primary N) is 1. The van der Waals surface area contributed by atoms with Crippen LogP contribution in [-0.2, 0) is 21.5 Å². The molecule has 2 amide bonds. The molecule has 8 nitrogen and oxygen atoms in total. The van der Waals surface area contributed by atoms with Crippen molar-refractivity contribution < 1.29 is 14.1 Å². The van der Waals surface area contributed by atoms with E-state index >= 15 is 0 Å². The predicted octanol–water partition coefficient (Wildman–Crippen LogP) is 1.57. The number of aryl methyl sites for hydroxylation is 1. The third-order valence-corrected chi connectivity index (χ3v) is 4.54. The minimum absolute atomic E-state index is 0. The van der Waals surface area contributed by atoms with E-state index in [0.29, 0.717) is 37.6 Å². The summed E-state index contributed by atoms with van der Waals surface area (Å²) in [6.07, 6.45) is 7.40. The zero-order valence-corrected chi connectivity index (χ0v) is 16.2. The van der Waals surface area contributed by atoms with Gasteiger partial charge in [0, 0.05) is 26.3 Å². The van der Waals surface area contributed by atoms with E-state index in [-0.39, 0.29) is 24.2 Å². The summed E-state index contributed by atoms with van der Waals surface area (Å²) in [5, 5.41) is 9.96. The van der Waals surface area contributed by atoms with Gasteiger partial charge in [0.2, 0.25) is 17.7 Å². The number of hydrogen-bond donors (Lipinski definition) is 3. The fourth-order valence-electron chi connectivity index (χ4n) is 3.26. The van der Waals surface area contributed by atoms with E-state index in [9.17, 15) is 9.59 Å². The number of carbonyl (C=O) groups is 2. The lowest BCUT2D eigenvalue weighted by Crippen LogP contribution is -2.45. The fraction of sp³-hybridized carbons (Fsp3) is 0.765. The van der Waals surface area contributed by atoms with Gasteiger partial charge >= 0.3 is 0 Å². The van der Waals surface area contributed by atoms with Crippen LogP contribution < -0.4 is 16.4 Å². The van der Waals surface area contributed by atoms with Gasteiger partial charge in [0.25, 0.3) is 0 Å². The van der Waals surface area contributed by atoms with Crippen LogP contribution in [0.3, 0.4) is 0 Å². The van der Waals surface area contributed by atoms with E-state index in [1.54, 1.807) is 0 Å². The van der Waals surface area contributed by atoms with Crippen LogP contribution in [0.15, 0.2) is 4.52 Å². The molecule has 0 aliphatic heterocycles. The van der Waals surface area contributed by atoms with Crippen molar-refractivity contribution in [3.8, 4) is 0 Å². The second-order valence-corrected chi connectivity index (χ2v) is 6.68. The Morgan fingerprint density at radius 1 is 1.23 bits per heavy atom. The number of halogens is 1. The summed E-state index contributed by atoms with van der Waals surface area (Å²) in [5.41, 5.74) is 4.85. The first kappa shape index (κ1) is 22.4. The highest BCUT2D eigenvalue weighted by Gasteiger charge is 2.38. The van der Waals surface area contributed by atoms with Crippen LogP contribution >= 0.6 is 12.4 Å². The van der Waals surface area contributed by atoms with Gasteiger partial charge in [0.1, 0.15) is 5.54 Å². The summed E-state index contributed by atoms with van der Waals surface area (Å²) in [4.78, 5) is 27.9. The van der Waals surface area contributed by atoms with Crippen molar-refractivity contribution in [3.63, 3.8) is 0 Å². The Hall–Kier alpha value is -1.67. The van der Waals surface area contributed by atoms with Gasteiger partial charge in [-0.05, 0) is 25.8 Å². The molecule has 1 aliphatic carbocycles. The quantitative estimate of drug-likeness (QED) is 0.459. The van der Waals surface area contributed by atoms with Gasteiger partial charge in [0.15, 0.2) is 5.82 Å². The number of nitrogens with one attached hydrogen (secondary N) is 2. The molecule has 1 aliphatic rings. The molecule has 2 rings (SSSR count). The lowest BCUT2D eigenvalue weighted by Gasteiger charge is -2.30. The van der Waals surface area contributed by atoms with Crippen LogP contribution in [0.5, 0.6) is 0 Å². The zero-order chi connectivity index (χ0) is 18.1. The largest absolute Gasteiger partial charge is 0.356 e. The second kappa shape index (κ2) is 11.1. The number of aromatic nitrogens is 2. The Morgan fingerprint density at radius 2 is 1.92 bits per heavy atom. The minimum atomic E-state index is -0.548. The standard InChI is InChI=1S/C17H29N5O3.ClH/c1-13(23)21-17(9-4-2-3-5-10-17)16-20-15(25-22-16)8-7-14(24)19-12-6-11-18;/h2-12,18H2,1H3,(H,19,24)(H,21,23);1H. The highest BCUT2D eigenvalue weighted by Crippen LogP contribution is 2.34. The molecule has 9 heteroatoms. The molecule has 0 aromatic carbocycles. The number of amides is 2. The van der Waals surface area contributed by atoms with Crippen LogP contribution in [0.4, 0.5) is 0 Å². The first-order valence-electron chi connectivity index (χ1n) is 9.14. The van der Waals surface area contributed by atoms with Gasteiger partial charge in [-0.25, -0.2) is 0 Å². The van der Waals surface area contributed by atoms with E-state index < -0.39 is 5.54 Å². The summed E-state index contributed by atoms with van der Waals surface area (Å²) in [6, 6.07) is 0. The smallest absolute Gasteiger partial charge is 0.227 e. The molecule has 0 saturated heterocycles. The first-order valence-corrected chi connectivity index (χ1v) is 9.14. The average molecular weight is 388 g/mol. The number of hydrogen-bond acceptors (Lipinski definition) is 6. The van der Waals surface area contributed by atoms with Gasteiger partial charge < -0.3 is 20.9 Å². The van der Waals surface area contributed by atoms with Crippen molar-refractivity contribution in [2.75, 3.05) is 13.1 Å². The Morgan fingerprint density at radius 3 is 2.54 bits per heavy atom. The molecule has 1 aromatic heterocycles. The van der Waals surface area contributed by atoms with Crippen molar-refractivity contribution in [2.24, 2.45) is 5.73 Å². The van der Waals surface area contributed by atoms with E-state index in [2.05, 4.69) is 20.8 Å². The topological polar surface area (TPSA) is 123 Å². The monoisotopic (exact) mass is 387 g/mol. The molecule has 1 saturated carbocycles. The molecule has 26 heavy (non-hydrogen) atoms. The van der Waals surface area contributed by atoms with Crippen molar-refractivity contribution in [1.29, 1.82) is 0 Å². The molecular formula is C17H30ClN5O3. The van der Waals surface area contributed by atoms with E-state index in [4.69, 9.17) is 10.3 Å². The Labute approximate surface area is 160 Å². The van der Waals surface area contributed by atoms with Gasteiger partial charge in [0.05, 0.1) is 0 Å². The van der Waals surface area contributed by atoms with E-state index in [1.807, 2.05) is 0 Å². The molecule has 1 aromatic rings. The molecule has 0 atom stereocenters. The van der Waals surface area contributed by atoms with Crippen molar-refractivity contribution in [1.82, 2.24) is 20.8 Å². The Bertz CT molecular complexity index is 570. The summed E-state index contributed by atoms with van der Waals surface area (Å²) in [7, 11) is 0. The second-order valence-electron chi connectivity index (χ2n) is 6.68. The normalized spacial score (nSPS) is 16.2. The molecule has 0 bridgehead atoms. The molecule has 0 spiro atoms. The molecule has 0 radical (unpaired) electrons. The maximum absolute atomic E-state index is 11.8. The highest BCUT2D eigenvalue weighted by atomic mass is 35.5. The van der Waals surface area contributed by atoms with Gasteiger partial charge in [-0.2, -0.15) is 4.98 Å². The van der Waals surface area contributed by atoms with Gasteiger partial charge in [-0.3, -0.25) is 9.59 Å². The molecule has 0 unspecified atom stereocenters. The summed E-state index contributed by atoms with van der Waals surface area (Å²) in [6.45, 7) is 2.65. The Kier molecular flexibility index (Phi) is 9.58. The van der Waals surface area contributed by atoms with Crippen LogP contribution in [0.25, 0.3) is 0 Å². The van der Waals surface area contributed by atoms with Gasteiger partial charge in [-0.15, -0.1) is 12.4 Å². The van der Waals surface area contributed by atoms with Crippen LogP contribution in [0.2, 0.25) is 0 Å². The third kappa shape index (κ3) is 6.57. The summed E-state index contributed by atoms with van der Waals surface area (Å²) in [5.74, 6) is 0.813. The maximum atomic E-state index is 11.8. The van der Waals surface area contributed by atoms with Crippen molar-refractivity contribution in [3.05, 3.63) is 11.7 Å². The van der Waals surface area contributed by atoms with E-state index in [1.165, 1.54) is 6.92 Å². The fourth-order valence-corrected chi connectivity index (χ4v) is 3.26. The lowest BCUT2D eigenvalue weighted by molar-refractivity contribution is -0.122. The van der Waals surface area contributed by atoms with Crippen LogP contribution in [-0.4, -0.2) is 35.0 Å². The highest BCUT2D eigenvalue weighted by molar-refractivity contribution is 5.85. The zero-order valence-electron chi connectivity index (χ0n) is 15.4.